The molecule has 2 rings (SSSR count). The van der Waals surface area contributed by atoms with E-state index in [0.29, 0.717) is 24.4 Å². The maximum atomic E-state index is 5.82. The number of nitrogens with two attached hydrogens (primary N) is 1. The third-order valence-electron chi connectivity index (χ3n) is 3.52. The number of para-hydroxylation sites is 2. The minimum Gasteiger partial charge on any atom is -0.490 e. The summed E-state index contributed by atoms with van der Waals surface area (Å²) in [6.07, 6.45) is 1.42. The largest absolute Gasteiger partial charge is 0.490 e. The van der Waals surface area contributed by atoms with Gasteiger partial charge in [-0.2, -0.15) is 0 Å². The van der Waals surface area contributed by atoms with Crippen molar-refractivity contribution in [3.05, 3.63) is 24.3 Å². The van der Waals surface area contributed by atoms with Gasteiger partial charge in [-0.25, -0.2) is 0 Å². The fourth-order valence-electron chi connectivity index (χ4n) is 2.38. The molecule has 2 atom stereocenters. The van der Waals surface area contributed by atoms with Crippen molar-refractivity contribution >= 4 is 5.69 Å². The van der Waals surface area contributed by atoms with Crippen molar-refractivity contribution in [2.24, 2.45) is 0 Å². The van der Waals surface area contributed by atoms with Gasteiger partial charge in [-0.3, -0.25) is 4.90 Å². The van der Waals surface area contributed by atoms with E-state index in [1.54, 1.807) is 0 Å². The molecule has 1 aliphatic heterocycles. The third-order valence-corrected chi connectivity index (χ3v) is 3.52. The minimum atomic E-state index is 0.316. The predicted octanol–water partition coefficient (Wildman–Crippen LogP) is 1.76. The Morgan fingerprint density at radius 1 is 1.44 bits per heavy atom. The molecule has 0 saturated carbocycles. The number of likely N-dealkylation sites (N-methyl/N-ethyl adjacent to an activating group) is 1. The molecule has 0 aromatic heterocycles. The quantitative estimate of drug-likeness (QED) is 0.809. The smallest absolute Gasteiger partial charge is 0.142 e. The van der Waals surface area contributed by atoms with Crippen molar-refractivity contribution < 1.29 is 9.47 Å². The van der Waals surface area contributed by atoms with Crippen LogP contribution in [0.4, 0.5) is 5.69 Å². The first kappa shape index (κ1) is 13.2. The number of ether oxygens (including phenoxy) is 2. The van der Waals surface area contributed by atoms with Gasteiger partial charge in [-0.05, 0) is 32.5 Å². The summed E-state index contributed by atoms with van der Waals surface area (Å²) >= 11 is 0. The van der Waals surface area contributed by atoms with Gasteiger partial charge in [0.2, 0.25) is 0 Å². The van der Waals surface area contributed by atoms with Crippen LogP contribution in [0, 0.1) is 0 Å². The number of anilines is 1. The monoisotopic (exact) mass is 250 g/mol. The normalized spacial score (nSPS) is 23.5. The summed E-state index contributed by atoms with van der Waals surface area (Å²) in [7, 11) is 2.12. The second-order valence-corrected chi connectivity index (χ2v) is 4.80. The number of rotatable bonds is 5. The van der Waals surface area contributed by atoms with Crippen LogP contribution >= 0.6 is 0 Å². The lowest BCUT2D eigenvalue weighted by Gasteiger charge is -2.26. The van der Waals surface area contributed by atoms with Crippen LogP contribution in [0.3, 0.4) is 0 Å². The van der Waals surface area contributed by atoms with Crippen LogP contribution in [0.1, 0.15) is 13.3 Å². The maximum Gasteiger partial charge on any atom is 0.142 e. The molecule has 2 N–H and O–H groups in total. The molecule has 0 amide bonds. The van der Waals surface area contributed by atoms with Crippen molar-refractivity contribution in [3.63, 3.8) is 0 Å². The highest BCUT2D eigenvalue weighted by molar-refractivity contribution is 5.51. The second kappa shape index (κ2) is 6.07. The Bertz CT molecular complexity index is 384. The number of hydrogen-bond acceptors (Lipinski definition) is 4. The fourth-order valence-corrected chi connectivity index (χ4v) is 2.38. The molecule has 1 aromatic rings. The lowest BCUT2D eigenvalue weighted by Crippen LogP contribution is -2.39. The van der Waals surface area contributed by atoms with E-state index in [2.05, 4.69) is 18.9 Å². The highest BCUT2D eigenvalue weighted by Gasteiger charge is 2.27. The number of benzene rings is 1. The van der Waals surface area contributed by atoms with Crippen LogP contribution in [0.2, 0.25) is 0 Å². The first-order valence-corrected chi connectivity index (χ1v) is 6.47. The summed E-state index contributed by atoms with van der Waals surface area (Å²) < 4.78 is 11.3. The molecule has 4 nitrogen and oxygen atoms in total. The average molecular weight is 250 g/mol. The fraction of sp³-hybridized carbons (Fsp3) is 0.571. The Kier molecular flexibility index (Phi) is 4.44. The van der Waals surface area contributed by atoms with E-state index in [-0.39, 0.29) is 0 Å². The Morgan fingerprint density at radius 2 is 2.22 bits per heavy atom. The number of nitrogen functional groups attached to an aromatic ring is 1. The van der Waals surface area contributed by atoms with Crippen LogP contribution in [-0.4, -0.2) is 43.9 Å². The molecular formula is C14H22N2O2. The number of nitrogens with zero attached hydrogens (tertiary/aromatic N) is 1. The molecule has 100 valence electrons. The maximum absolute atomic E-state index is 5.82. The average Bonchev–Trinajstić information content (AvgIpc) is 2.78. The molecule has 4 heteroatoms. The van der Waals surface area contributed by atoms with Crippen LogP contribution in [-0.2, 0) is 4.74 Å². The van der Waals surface area contributed by atoms with Gasteiger partial charge in [0.05, 0.1) is 11.8 Å². The van der Waals surface area contributed by atoms with Crippen molar-refractivity contribution in [1.29, 1.82) is 0 Å². The zero-order chi connectivity index (χ0) is 13.0. The van der Waals surface area contributed by atoms with E-state index >= 15 is 0 Å². The van der Waals surface area contributed by atoms with E-state index in [4.69, 9.17) is 15.2 Å². The number of hydrogen-bond donors (Lipinski definition) is 1. The molecule has 1 aliphatic rings. The van der Waals surface area contributed by atoms with Crippen molar-refractivity contribution in [3.8, 4) is 5.75 Å². The van der Waals surface area contributed by atoms with Crippen molar-refractivity contribution in [2.75, 3.05) is 32.5 Å². The molecule has 1 aromatic carbocycles. The minimum absolute atomic E-state index is 0.316. The SMILES string of the molecule is CC1OCCC1N(C)CCOc1ccccc1N. The molecule has 1 heterocycles. The van der Waals surface area contributed by atoms with Crippen LogP contribution < -0.4 is 10.5 Å². The standard InChI is InChI=1S/C14H22N2O2/c1-11-13(7-9-17-11)16(2)8-10-18-14-6-4-3-5-12(14)15/h3-6,11,13H,7-10,15H2,1-2H3. The van der Waals surface area contributed by atoms with Crippen LogP contribution in [0.15, 0.2) is 24.3 Å². The van der Waals surface area contributed by atoms with Gasteiger partial charge in [0.15, 0.2) is 0 Å². The molecule has 2 unspecified atom stereocenters. The molecule has 1 fully saturated rings. The Morgan fingerprint density at radius 3 is 2.89 bits per heavy atom. The molecule has 0 radical (unpaired) electrons. The summed E-state index contributed by atoms with van der Waals surface area (Å²) in [5.41, 5.74) is 6.52. The van der Waals surface area contributed by atoms with Gasteiger partial charge in [-0.1, -0.05) is 12.1 Å². The summed E-state index contributed by atoms with van der Waals surface area (Å²) in [6.45, 7) is 4.52. The van der Waals surface area contributed by atoms with E-state index in [1.165, 1.54) is 0 Å². The zero-order valence-electron chi connectivity index (χ0n) is 11.1. The Balaban J connectivity index is 1.77. The predicted molar refractivity (Wildman–Crippen MR) is 72.8 cm³/mol. The molecule has 0 spiro atoms. The van der Waals surface area contributed by atoms with Gasteiger partial charge in [0.1, 0.15) is 12.4 Å². The molecule has 0 aliphatic carbocycles. The van der Waals surface area contributed by atoms with E-state index < -0.39 is 0 Å². The Labute approximate surface area is 109 Å². The summed E-state index contributed by atoms with van der Waals surface area (Å²) in [6, 6.07) is 8.10. The summed E-state index contributed by atoms with van der Waals surface area (Å²) in [5, 5.41) is 0. The first-order valence-electron chi connectivity index (χ1n) is 6.47. The lowest BCUT2D eigenvalue weighted by molar-refractivity contribution is 0.0787. The van der Waals surface area contributed by atoms with Gasteiger partial charge < -0.3 is 15.2 Å². The second-order valence-electron chi connectivity index (χ2n) is 4.80. The van der Waals surface area contributed by atoms with E-state index in [0.717, 1.165) is 25.3 Å². The van der Waals surface area contributed by atoms with Crippen molar-refractivity contribution in [1.82, 2.24) is 4.90 Å². The van der Waals surface area contributed by atoms with Gasteiger partial charge in [0.25, 0.3) is 0 Å². The molecule has 1 saturated heterocycles. The first-order chi connectivity index (χ1) is 8.68. The van der Waals surface area contributed by atoms with Crippen LogP contribution in [0.25, 0.3) is 0 Å². The summed E-state index contributed by atoms with van der Waals surface area (Å²) in [5.74, 6) is 0.765. The Hall–Kier alpha value is -1.26. The topological polar surface area (TPSA) is 47.7 Å². The lowest BCUT2D eigenvalue weighted by atomic mass is 10.1. The van der Waals surface area contributed by atoms with E-state index in [1.807, 2.05) is 24.3 Å². The third kappa shape index (κ3) is 3.15. The highest BCUT2D eigenvalue weighted by Crippen LogP contribution is 2.20. The van der Waals surface area contributed by atoms with Crippen LogP contribution in [0.5, 0.6) is 5.75 Å². The highest BCUT2D eigenvalue weighted by atomic mass is 16.5. The van der Waals surface area contributed by atoms with Gasteiger partial charge in [-0.15, -0.1) is 0 Å². The molecule has 18 heavy (non-hydrogen) atoms. The van der Waals surface area contributed by atoms with E-state index in [9.17, 15) is 0 Å². The molecular weight excluding hydrogens is 228 g/mol. The summed E-state index contributed by atoms with van der Waals surface area (Å²) in [4.78, 5) is 2.30. The van der Waals surface area contributed by atoms with Gasteiger partial charge >= 0.3 is 0 Å². The van der Waals surface area contributed by atoms with Gasteiger partial charge in [0, 0.05) is 19.2 Å². The zero-order valence-corrected chi connectivity index (χ0v) is 11.1. The van der Waals surface area contributed by atoms with Crippen molar-refractivity contribution in [2.45, 2.75) is 25.5 Å². The molecule has 0 bridgehead atoms.